The highest BCUT2D eigenvalue weighted by molar-refractivity contribution is 6.21. The Morgan fingerprint density at radius 2 is 1.35 bits per heavy atom. The Bertz CT molecular complexity index is 1530. The molecule has 4 saturated carbocycles. The first kappa shape index (κ1) is 33.0. The second kappa shape index (κ2) is 11.7. The summed E-state index contributed by atoms with van der Waals surface area (Å²) in [6.45, 7) is 23.3. The van der Waals surface area contributed by atoms with Crippen LogP contribution < -0.4 is 5.32 Å². The summed E-state index contributed by atoms with van der Waals surface area (Å²) in [6, 6.07) is 5.55. The third kappa shape index (κ3) is 5.27. The van der Waals surface area contributed by atoms with Crippen LogP contribution in [0.2, 0.25) is 0 Å². The van der Waals surface area contributed by atoms with Crippen molar-refractivity contribution in [1.82, 2.24) is 0 Å². The quantitative estimate of drug-likeness (QED) is 0.188. The van der Waals surface area contributed by atoms with Crippen LogP contribution in [0.4, 0.5) is 5.69 Å². The molecule has 0 aromatic heterocycles. The van der Waals surface area contributed by atoms with E-state index in [1.807, 2.05) is 12.1 Å². The predicted molar refractivity (Wildman–Crippen MR) is 188 cm³/mol. The summed E-state index contributed by atoms with van der Waals surface area (Å²) in [4.78, 5) is 27.2. The van der Waals surface area contributed by atoms with E-state index in [9.17, 15) is 14.7 Å². The number of aromatic hydroxyl groups is 1. The molecule has 0 bridgehead atoms. The Balaban J connectivity index is 1.23. The van der Waals surface area contributed by atoms with E-state index in [0.29, 0.717) is 41.4 Å². The van der Waals surface area contributed by atoms with Crippen LogP contribution in [0.1, 0.15) is 118 Å². The van der Waals surface area contributed by atoms with Gasteiger partial charge in [0.15, 0.2) is 5.78 Å². The number of ketones is 2. The number of phenols is 1. The van der Waals surface area contributed by atoms with E-state index >= 15 is 0 Å². The molecule has 5 aliphatic carbocycles. The first-order chi connectivity index (χ1) is 21.6. The molecule has 8 atom stereocenters. The average molecular weight is 624 g/mol. The molecule has 4 heteroatoms. The van der Waals surface area contributed by atoms with E-state index in [2.05, 4.69) is 60.0 Å². The van der Waals surface area contributed by atoms with Gasteiger partial charge in [0.2, 0.25) is 5.78 Å². The molecule has 1 aromatic carbocycles. The van der Waals surface area contributed by atoms with Gasteiger partial charge in [-0.3, -0.25) is 9.59 Å². The first-order valence-electron chi connectivity index (χ1n) is 18.1. The Labute approximate surface area is 277 Å². The van der Waals surface area contributed by atoms with Crippen molar-refractivity contribution in [2.75, 3.05) is 5.32 Å². The fraction of sp³-hybridized carbons (Fsp3) is 0.619. The summed E-state index contributed by atoms with van der Waals surface area (Å²) in [5.41, 5.74) is 5.50. The van der Waals surface area contributed by atoms with Gasteiger partial charge in [-0.1, -0.05) is 65.8 Å². The fourth-order valence-electron chi connectivity index (χ4n) is 11.2. The van der Waals surface area contributed by atoms with Crippen LogP contribution >= 0.6 is 0 Å². The number of hydrogen-bond donors (Lipinski definition) is 2. The maximum absolute atomic E-state index is 14.1. The number of Topliss-reactive ketones (excluding diaryl/α,β-unsaturated/α-hetero) is 1. The lowest BCUT2D eigenvalue weighted by molar-refractivity contribution is -0.116. The zero-order valence-corrected chi connectivity index (χ0v) is 29.4. The molecule has 0 amide bonds. The van der Waals surface area contributed by atoms with Crippen LogP contribution in [-0.2, 0) is 16.0 Å². The van der Waals surface area contributed by atoms with Crippen LogP contribution in [0.3, 0.4) is 0 Å². The van der Waals surface area contributed by atoms with Gasteiger partial charge in [-0.15, -0.1) is 0 Å². The number of benzene rings is 1. The van der Waals surface area contributed by atoms with Gasteiger partial charge in [-0.2, -0.15) is 0 Å². The highest BCUT2D eigenvalue weighted by atomic mass is 16.3. The summed E-state index contributed by atoms with van der Waals surface area (Å²) in [6.07, 6.45) is 15.9. The average Bonchev–Trinajstić information content (AvgIpc) is 3.00. The molecule has 1 aromatic rings. The first-order valence-corrected chi connectivity index (χ1v) is 18.1. The van der Waals surface area contributed by atoms with Gasteiger partial charge >= 0.3 is 0 Å². The smallest absolute Gasteiger partial charge is 0.205 e. The Morgan fingerprint density at radius 1 is 0.804 bits per heavy atom. The largest absolute Gasteiger partial charge is 0.508 e. The van der Waals surface area contributed by atoms with Gasteiger partial charge in [0.1, 0.15) is 5.75 Å². The van der Waals surface area contributed by atoms with Crippen molar-refractivity contribution >= 4 is 17.3 Å². The monoisotopic (exact) mass is 623 g/mol. The molecule has 0 spiro atoms. The molecule has 0 saturated heterocycles. The number of nitrogens with one attached hydrogen (secondary N) is 1. The van der Waals surface area contributed by atoms with Crippen molar-refractivity contribution in [2.24, 2.45) is 45.3 Å². The molecule has 0 heterocycles. The lowest BCUT2D eigenvalue weighted by atomic mass is 9.46. The number of fused-ring (bicyclic) bond motifs is 2. The molecule has 6 rings (SSSR count). The van der Waals surface area contributed by atoms with E-state index in [0.717, 1.165) is 62.6 Å². The molecular formula is C42H57NO3. The van der Waals surface area contributed by atoms with Crippen molar-refractivity contribution in [3.8, 4) is 5.75 Å². The molecule has 248 valence electrons. The fourth-order valence-corrected chi connectivity index (χ4v) is 11.2. The van der Waals surface area contributed by atoms with Crippen molar-refractivity contribution in [1.29, 1.82) is 0 Å². The summed E-state index contributed by atoms with van der Waals surface area (Å²) in [5.74, 6) is 2.00. The summed E-state index contributed by atoms with van der Waals surface area (Å²) in [5, 5.41) is 14.4. The standard InChI is InChI=1S/C42H57NO3/c1-26-11-9-13-36-39(26,5)19-17-28(3)41(36,7)24-30-21-32(15-16-35(30)45)43-34-23-33(44)22-31(38(34)46)25-42(8)29(4)18-20-40(6)27(2)12-10-14-37(40)42/h15-16,21-23,28-29,36-37,43,45H,1-2,9-14,17-20,24-25H2,3-8H3. The molecule has 8 unspecified atom stereocenters. The van der Waals surface area contributed by atoms with Gasteiger partial charge in [0.05, 0.1) is 5.70 Å². The molecular weight excluding hydrogens is 566 g/mol. The zero-order chi connectivity index (χ0) is 33.2. The third-order valence-corrected chi connectivity index (χ3v) is 14.8. The molecule has 5 aliphatic rings. The van der Waals surface area contributed by atoms with Crippen molar-refractivity contribution in [2.45, 2.75) is 119 Å². The van der Waals surface area contributed by atoms with Crippen LogP contribution in [0.25, 0.3) is 0 Å². The normalized spacial score (nSPS) is 39.7. The van der Waals surface area contributed by atoms with Crippen LogP contribution in [-0.4, -0.2) is 16.7 Å². The van der Waals surface area contributed by atoms with Gasteiger partial charge in [-0.05, 0) is 152 Å². The molecule has 4 nitrogen and oxygen atoms in total. The lowest BCUT2D eigenvalue weighted by Crippen LogP contribution is -2.51. The number of hydrogen-bond acceptors (Lipinski definition) is 4. The van der Waals surface area contributed by atoms with Crippen LogP contribution in [0, 0.1) is 45.3 Å². The van der Waals surface area contributed by atoms with Gasteiger partial charge in [-0.25, -0.2) is 0 Å². The van der Waals surface area contributed by atoms with Crippen LogP contribution in [0.5, 0.6) is 5.75 Å². The van der Waals surface area contributed by atoms with E-state index < -0.39 is 0 Å². The number of carbonyl (C=O) groups is 2. The minimum Gasteiger partial charge on any atom is -0.508 e. The van der Waals surface area contributed by atoms with Gasteiger partial charge in [0.25, 0.3) is 0 Å². The Kier molecular flexibility index (Phi) is 8.38. The van der Waals surface area contributed by atoms with Gasteiger partial charge < -0.3 is 10.4 Å². The number of phenolic OH excluding ortho intramolecular Hbond substituents is 1. The van der Waals surface area contributed by atoms with E-state index in [4.69, 9.17) is 0 Å². The topological polar surface area (TPSA) is 66.4 Å². The predicted octanol–water partition coefficient (Wildman–Crippen LogP) is 10.3. The lowest BCUT2D eigenvalue weighted by Gasteiger charge is -2.59. The molecule has 4 fully saturated rings. The SMILES string of the molecule is C=C1CCCC2C1(C)CCC(C)C2(C)CC1=CC(=O)C=C(Nc2ccc(O)c(CC3(C)C(C)CCC4(C)C(=C)CCCC43)c2)C1=O. The maximum atomic E-state index is 14.1. The summed E-state index contributed by atoms with van der Waals surface area (Å²) in [7, 11) is 0. The van der Waals surface area contributed by atoms with E-state index in [1.165, 1.54) is 36.5 Å². The van der Waals surface area contributed by atoms with E-state index in [-0.39, 0.29) is 39.0 Å². The second-order valence-corrected chi connectivity index (χ2v) is 17.1. The maximum Gasteiger partial charge on any atom is 0.205 e. The Hall–Kier alpha value is -2.88. The molecule has 0 radical (unpaired) electrons. The number of carbonyl (C=O) groups excluding carboxylic acids is 2. The highest BCUT2D eigenvalue weighted by Crippen LogP contribution is 2.64. The third-order valence-electron chi connectivity index (χ3n) is 14.8. The number of rotatable bonds is 6. The van der Waals surface area contributed by atoms with Crippen molar-refractivity contribution in [3.05, 3.63) is 71.5 Å². The molecule has 46 heavy (non-hydrogen) atoms. The zero-order valence-electron chi connectivity index (χ0n) is 29.4. The minimum atomic E-state index is -0.140. The van der Waals surface area contributed by atoms with E-state index in [1.54, 1.807) is 12.1 Å². The minimum absolute atomic E-state index is 0.0172. The number of allylic oxidation sites excluding steroid dienone is 5. The summed E-state index contributed by atoms with van der Waals surface area (Å²) < 4.78 is 0. The van der Waals surface area contributed by atoms with Crippen molar-refractivity contribution in [3.63, 3.8) is 0 Å². The van der Waals surface area contributed by atoms with Crippen LogP contribution in [0.15, 0.2) is 65.9 Å². The number of anilines is 1. The van der Waals surface area contributed by atoms with Gasteiger partial charge in [0, 0.05) is 17.3 Å². The summed E-state index contributed by atoms with van der Waals surface area (Å²) >= 11 is 0. The molecule has 2 N–H and O–H groups in total. The Morgan fingerprint density at radius 3 is 1.91 bits per heavy atom. The molecule has 0 aliphatic heterocycles. The highest BCUT2D eigenvalue weighted by Gasteiger charge is 2.55. The van der Waals surface area contributed by atoms with Crippen molar-refractivity contribution < 1.29 is 14.7 Å². The second-order valence-electron chi connectivity index (χ2n) is 17.1.